The first-order chi connectivity index (χ1) is 7.25. The van der Waals surface area contributed by atoms with E-state index in [-0.39, 0.29) is 12.3 Å². The molecule has 1 unspecified atom stereocenters. The Bertz CT molecular complexity index is 344. The van der Waals surface area contributed by atoms with Gasteiger partial charge in [-0.1, -0.05) is 0 Å². The van der Waals surface area contributed by atoms with E-state index < -0.39 is 5.97 Å². The zero-order chi connectivity index (χ0) is 10.7. The molecule has 1 atom stereocenters. The average molecular weight is 211 g/mol. The minimum Gasteiger partial charge on any atom is -0.481 e. The van der Waals surface area contributed by atoms with Crippen molar-refractivity contribution >= 4 is 5.97 Å². The van der Waals surface area contributed by atoms with Crippen molar-refractivity contribution in [2.24, 2.45) is 0 Å². The smallest absolute Gasteiger partial charge is 0.311 e. The minimum absolute atomic E-state index is 0.111. The average Bonchev–Trinajstić information content (AvgIpc) is 2.67. The predicted octanol–water partition coefficient (Wildman–Crippen LogP) is 0.326. The maximum atomic E-state index is 10.4. The molecular formula is C9H13N3O3. The van der Waals surface area contributed by atoms with Crippen LogP contribution in [-0.2, 0) is 16.0 Å². The molecule has 0 saturated carbocycles. The summed E-state index contributed by atoms with van der Waals surface area (Å²) >= 11 is 0. The van der Waals surface area contributed by atoms with Crippen LogP contribution in [0.1, 0.15) is 30.4 Å². The fourth-order valence-corrected chi connectivity index (χ4v) is 1.66. The second-order valence-electron chi connectivity index (χ2n) is 3.62. The standard InChI is InChI=1S/C9H13N3O3/c13-8(14)4-7-10-9(12-11-7)6-2-1-3-15-5-6/h6H,1-5H2,(H,13,14)(H,10,11,12). The van der Waals surface area contributed by atoms with Crippen molar-refractivity contribution in [2.75, 3.05) is 13.2 Å². The van der Waals surface area contributed by atoms with Gasteiger partial charge in [-0.15, -0.1) is 0 Å². The van der Waals surface area contributed by atoms with Gasteiger partial charge in [-0.3, -0.25) is 9.89 Å². The van der Waals surface area contributed by atoms with E-state index in [2.05, 4.69) is 15.2 Å². The van der Waals surface area contributed by atoms with Gasteiger partial charge in [0.15, 0.2) is 5.82 Å². The number of carboxylic acids is 1. The first-order valence-electron chi connectivity index (χ1n) is 4.96. The third-order valence-electron chi connectivity index (χ3n) is 2.39. The highest BCUT2D eigenvalue weighted by Gasteiger charge is 2.20. The van der Waals surface area contributed by atoms with Crippen LogP contribution >= 0.6 is 0 Å². The molecule has 1 fully saturated rings. The highest BCUT2D eigenvalue weighted by atomic mass is 16.5. The summed E-state index contributed by atoms with van der Waals surface area (Å²) < 4.78 is 5.32. The molecule has 6 heteroatoms. The van der Waals surface area contributed by atoms with Crippen molar-refractivity contribution < 1.29 is 14.6 Å². The summed E-state index contributed by atoms with van der Waals surface area (Å²) in [4.78, 5) is 14.6. The molecule has 0 aromatic carbocycles. The van der Waals surface area contributed by atoms with Gasteiger partial charge in [0.2, 0.25) is 0 Å². The Labute approximate surface area is 86.7 Å². The molecule has 1 aliphatic heterocycles. The number of aromatic nitrogens is 3. The van der Waals surface area contributed by atoms with Crippen LogP contribution in [0.3, 0.4) is 0 Å². The second kappa shape index (κ2) is 4.39. The van der Waals surface area contributed by atoms with E-state index in [1.165, 1.54) is 0 Å². The number of hydrogen-bond acceptors (Lipinski definition) is 4. The normalized spacial score (nSPS) is 21.5. The molecule has 1 aliphatic rings. The first-order valence-corrected chi connectivity index (χ1v) is 4.96. The molecule has 2 N–H and O–H groups in total. The van der Waals surface area contributed by atoms with Crippen LogP contribution in [0.2, 0.25) is 0 Å². The molecule has 82 valence electrons. The van der Waals surface area contributed by atoms with Gasteiger partial charge in [0.1, 0.15) is 12.2 Å². The second-order valence-corrected chi connectivity index (χ2v) is 3.62. The Morgan fingerprint density at radius 2 is 2.53 bits per heavy atom. The highest BCUT2D eigenvalue weighted by molar-refractivity contribution is 5.68. The van der Waals surface area contributed by atoms with E-state index in [1.54, 1.807) is 0 Å². The molecular weight excluding hydrogens is 198 g/mol. The number of carbonyl (C=O) groups is 1. The van der Waals surface area contributed by atoms with Crippen molar-refractivity contribution in [2.45, 2.75) is 25.2 Å². The Morgan fingerprint density at radius 1 is 1.67 bits per heavy atom. The zero-order valence-corrected chi connectivity index (χ0v) is 8.27. The quantitative estimate of drug-likeness (QED) is 0.752. The molecule has 0 radical (unpaired) electrons. The molecule has 2 heterocycles. The summed E-state index contributed by atoms with van der Waals surface area (Å²) in [5.74, 6) is 0.379. The van der Waals surface area contributed by atoms with Gasteiger partial charge in [-0.25, -0.2) is 4.98 Å². The van der Waals surface area contributed by atoms with E-state index in [0.29, 0.717) is 18.3 Å². The Morgan fingerprint density at radius 3 is 3.20 bits per heavy atom. The zero-order valence-electron chi connectivity index (χ0n) is 8.27. The predicted molar refractivity (Wildman–Crippen MR) is 50.5 cm³/mol. The van der Waals surface area contributed by atoms with E-state index in [9.17, 15) is 4.79 Å². The fourth-order valence-electron chi connectivity index (χ4n) is 1.66. The number of nitrogens with one attached hydrogen (secondary N) is 1. The minimum atomic E-state index is -0.905. The highest BCUT2D eigenvalue weighted by Crippen LogP contribution is 2.22. The van der Waals surface area contributed by atoms with E-state index in [4.69, 9.17) is 9.84 Å². The molecule has 0 aliphatic carbocycles. The SMILES string of the molecule is O=C(O)Cc1nc(C2CCCOC2)n[nH]1. The lowest BCUT2D eigenvalue weighted by Gasteiger charge is -2.18. The summed E-state index contributed by atoms with van der Waals surface area (Å²) in [6.45, 7) is 1.42. The fraction of sp³-hybridized carbons (Fsp3) is 0.667. The Balaban J connectivity index is 2.02. The third kappa shape index (κ3) is 2.53. The molecule has 1 aromatic heterocycles. The lowest BCUT2D eigenvalue weighted by molar-refractivity contribution is -0.136. The van der Waals surface area contributed by atoms with Crippen molar-refractivity contribution in [3.63, 3.8) is 0 Å². The Hall–Kier alpha value is -1.43. The maximum Gasteiger partial charge on any atom is 0.311 e. The van der Waals surface area contributed by atoms with Gasteiger partial charge < -0.3 is 9.84 Å². The summed E-state index contributed by atoms with van der Waals surface area (Å²) in [6, 6.07) is 0. The maximum absolute atomic E-state index is 10.4. The van der Waals surface area contributed by atoms with Gasteiger partial charge in [0, 0.05) is 12.5 Å². The molecule has 1 aromatic rings. The topological polar surface area (TPSA) is 88.1 Å². The van der Waals surface area contributed by atoms with Crippen molar-refractivity contribution in [1.29, 1.82) is 0 Å². The van der Waals surface area contributed by atoms with Gasteiger partial charge in [-0.05, 0) is 12.8 Å². The van der Waals surface area contributed by atoms with Gasteiger partial charge >= 0.3 is 5.97 Å². The monoisotopic (exact) mass is 211 g/mol. The number of rotatable bonds is 3. The van der Waals surface area contributed by atoms with Gasteiger partial charge in [-0.2, -0.15) is 5.10 Å². The van der Waals surface area contributed by atoms with Crippen LogP contribution in [0.15, 0.2) is 0 Å². The van der Waals surface area contributed by atoms with Gasteiger partial charge in [0.25, 0.3) is 0 Å². The van der Waals surface area contributed by atoms with E-state index in [1.807, 2.05) is 0 Å². The van der Waals surface area contributed by atoms with Gasteiger partial charge in [0.05, 0.1) is 6.61 Å². The molecule has 0 spiro atoms. The van der Waals surface area contributed by atoms with Crippen LogP contribution in [0, 0.1) is 0 Å². The number of carboxylic acid groups (broad SMARTS) is 1. The Kier molecular flexibility index (Phi) is 2.96. The van der Waals surface area contributed by atoms with Crippen LogP contribution in [0.5, 0.6) is 0 Å². The first kappa shape index (κ1) is 10.1. The molecule has 0 bridgehead atoms. The number of H-pyrrole nitrogens is 1. The summed E-state index contributed by atoms with van der Waals surface area (Å²) in [5.41, 5.74) is 0. The molecule has 0 amide bonds. The van der Waals surface area contributed by atoms with Crippen LogP contribution in [0.4, 0.5) is 0 Å². The van der Waals surface area contributed by atoms with E-state index >= 15 is 0 Å². The number of nitrogens with zero attached hydrogens (tertiary/aromatic N) is 2. The molecule has 1 saturated heterocycles. The van der Waals surface area contributed by atoms with Crippen molar-refractivity contribution in [3.8, 4) is 0 Å². The largest absolute Gasteiger partial charge is 0.481 e. The number of ether oxygens (including phenoxy) is 1. The summed E-state index contributed by atoms with van der Waals surface area (Å²) in [5, 5.41) is 15.2. The molecule has 15 heavy (non-hydrogen) atoms. The van der Waals surface area contributed by atoms with Crippen LogP contribution in [0.25, 0.3) is 0 Å². The van der Waals surface area contributed by atoms with Crippen molar-refractivity contribution in [1.82, 2.24) is 15.2 Å². The number of aliphatic carboxylic acids is 1. The van der Waals surface area contributed by atoms with E-state index in [0.717, 1.165) is 19.4 Å². The summed E-state index contributed by atoms with van der Waals surface area (Å²) in [7, 11) is 0. The molecule has 6 nitrogen and oxygen atoms in total. The van der Waals surface area contributed by atoms with Crippen LogP contribution < -0.4 is 0 Å². The molecule has 2 rings (SSSR count). The lowest BCUT2D eigenvalue weighted by atomic mass is 10.0. The summed E-state index contributed by atoms with van der Waals surface area (Å²) in [6.07, 6.45) is 1.90. The third-order valence-corrected chi connectivity index (χ3v) is 2.39. The number of aromatic amines is 1. The van der Waals surface area contributed by atoms with Crippen LogP contribution in [-0.4, -0.2) is 39.5 Å². The number of hydrogen-bond donors (Lipinski definition) is 2. The lowest BCUT2D eigenvalue weighted by Crippen LogP contribution is -2.16. The van der Waals surface area contributed by atoms with Crippen molar-refractivity contribution in [3.05, 3.63) is 11.6 Å².